The number of carbonyl (C=O) groups excluding carboxylic acids is 1. The van der Waals surface area contributed by atoms with Crippen LogP contribution >= 0.6 is 23.7 Å². The summed E-state index contributed by atoms with van der Waals surface area (Å²) < 4.78 is 7.27. The maximum Gasteiger partial charge on any atom is 0.269 e. The van der Waals surface area contributed by atoms with Crippen LogP contribution in [0.4, 0.5) is 5.69 Å². The summed E-state index contributed by atoms with van der Waals surface area (Å²) in [5, 5.41) is 3.57. The number of aliphatic imine (C=N–C) groups is 1. The highest BCUT2D eigenvalue weighted by Gasteiger charge is 2.20. The van der Waals surface area contributed by atoms with Crippen molar-refractivity contribution >= 4 is 51.1 Å². The van der Waals surface area contributed by atoms with Gasteiger partial charge in [0.2, 0.25) is 0 Å². The van der Waals surface area contributed by atoms with E-state index in [1.165, 1.54) is 21.8 Å². The minimum Gasteiger partial charge on any atom is -0.494 e. The average Bonchev–Trinajstić information content (AvgIpc) is 3.28. The number of benzene rings is 1. The van der Waals surface area contributed by atoms with Gasteiger partial charge < -0.3 is 9.64 Å². The molecule has 0 bridgehead atoms. The molecule has 1 fully saturated rings. The van der Waals surface area contributed by atoms with Gasteiger partial charge in [-0.15, -0.1) is 23.7 Å². The number of anilines is 1. The van der Waals surface area contributed by atoms with Crippen molar-refractivity contribution in [3.63, 3.8) is 0 Å². The van der Waals surface area contributed by atoms with Gasteiger partial charge in [0, 0.05) is 60.0 Å². The highest BCUT2D eigenvalue weighted by Crippen LogP contribution is 2.31. The van der Waals surface area contributed by atoms with E-state index in [0.717, 1.165) is 57.0 Å². The molecule has 3 aliphatic rings. The van der Waals surface area contributed by atoms with Gasteiger partial charge in [0.1, 0.15) is 5.76 Å². The van der Waals surface area contributed by atoms with Crippen molar-refractivity contribution < 1.29 is 9.53 Å². The van der Waals surface area contributed by atoms with E-state index in [2.05, 4.69) is 44.4 Å². The molecule has 1 aliphatic carbocycles. The van der Waals surface area contributed by atoms with Crippen LogP contribution in [0.3, 0.4) is 0 Å². The summed E-state index contributed by atoms with van der Waals surface area (Å²) in [6.45, 7) is 6.19. The molecule has 168 valence electrons. The molecule has 32 heavy (non-hydrogen) atoms. The highest BCUT2D eigenvalue weighted by atomic mass is 35.5. The largest absolute Gasteiger partial charge is 0.494 e. The molecule has 7 heteroatoms. The third-order valence-corrected chi connectivity index (χ3v) is 6.99. The Balaban J connectivity index is 0.00000245. The molecule has 1 unspecified atom stereocenters. The van der Waals surface area contributed by atoms with Crippen LogP contribution in [0.5, 0.6) is 0 Å². The predicted octanol–water partition coefficient (Wildman–Crippen LogP) is 4.85. The third-order valence-electron chi connectivity index (χ3n) is 6.11. The van der Waals surface area contributed by atoms with Crippen LogP contribution in [0.2, 0.25) is 0 Å². The molecule has 1 aromatic carbocycles. The van der Waals surface area contributed by atoms with Crippen molar-refractivity contribution in [1.29, 1.82) is 0 Å². The highest BCUT2D eigenvalue weighted by molar-refractivity contribution is 7.17. The van der Waals surface area contributed by atoms with Crippen LogP contribution in [0.15, 0.2) is 70.8 Å². The number of halogens is 1. The fourth-order valence-corrected chi connectivity index (χ4v) is 5.20. The number of hydrogen-bond acceptors (Lipinski definition) is 5. The molecule has 0 spiro atoms. The van der Waals surface area contributed by atoms with Crippen molar-refractivity contribution in [1.82, 2.24) is 4.90 Å². The molecule has 5 rings (SSSR count). The molecule has 1 saturated heterocycles. The van der Waals surface area contributed by atoms with E-state index < -0.39 is 0 Å². The Morgan fingerprint density at radius 2 is 1.91 bits per heavy atom. The lowest BCUT2D eigenvalue weighted by molar-refractivity contribution is -0.113. The van der Waals surface area contributed by atoms with Crippen LogP contribution in [-0.2, 0) is 9.53 Å². The number of unbranched alkanes of at least 4 members (excludes halogenated alkanes) is 1. The quantitative estimate of drug-likeness (QED) is 0.544. The smallest absolute Gasteiger partial charge is 0.269 e. The Morgan fingerprint density at radius 1 is 1.06 bits per heavy atom. The predicted molar refractivity (Wildman–Crippen MR) is 135 cm³/mol. The van der Waals surface area contributed by atoms with E-state index in [-0.39, 0.29) is 24.2 Å². The van der Waals surface area contributed by atoms with E-state index in [4.69, 9.17) is 4.74 Å². The van der Waals surface area contributed by atoms with Gasteiger partial charge in [-0.25, -0.2) is 4.99 Å². The zero-order valence-electron chi connectivity index (χ0n) is 18.0. The van der Waals surface area contributed by atoms with Gasteiger partial charge in [-0.3, -0.25) is 9.69 Å². The van der Waals surface area contributed by atoms with Gasteiger partial charge in [-0.2, -0.15) is 0 Å². The number of piperazine rings is 1. The summed E-state index contributed by atoms with van der Waals surface area (Å²) in [6.07, 6.45) is 11.5. The van der Waals surface area contributed by atoms with Gasteiger partial charge in [0.15, 0.2) is 0 Å². The number of fused-ring (bicyclic) bond motifs is 2. The van der Waals surface area contributed by atoms with Gasteiger partial charge in [-0.1, -0.05) is 18.2 Å². The monoisotopic (exact) mass is 469 g/mol. The van der Waals surface area contributed by atoms with Crippen molar-refractivity contribution in [2.75, 3.05) is 44.2 Å². The summed E-state index contributed by atoms with van der Waals surface area (Å²) in [5.41, 5.74) is 2.16. The molecule has 1 aromatic heterocycles. The minimum absolute atomic E-state index is 0. The zero-order valence-corrected chi connectivity index (χ0v) is 19.6. The minimum atomic E-state index is -0.191. The first kappa shape index (κ1) is 22.8. The number of amides is 1. The number of dihydropyridines is 1. The van der Waals surface area contributed by atoms with Crippen LogP contribution in [0.25, 0.3) is 10.1 Å². The van der Waals surface area contributed by atoms with E-state index >= 15 is 0 Å². The Morgan fingerprint density at radius 3 is 2.78 bits per heavy atom. The molecule has 1 amide bonds. The number of rotatable bonds is 7. The number of allylic oxidation sites excluding steroid dienone is 4. The second-order valence-corrected chi connectivity index (χ2v) is 9.11. The molecule has 0 saturated carbocycles. The first-order valence-corrected chi connectivity index (χ1v) is 11.9. The fourth-order valence-electron chi connectivity index (χ4n) is 4.39. The van der Waals surface area contributed by atoms with E-state index in [0.29, 0.717) is 6.61 Å². The summed E-state index contributed by atoms with van der Waals surface area (Å²) in [6, 6.07) is 8.88. The van der Waals surface area contributed by atoms with Crippen molar-refractivity contribution in [2.45, 2.75) is 12.8 Å². The number of hydrogen-bond donors (Lipinski definition) is 0. The Hall–Kier alpha value is -2.41. The average molecular weight is 470 g/mol. The van der Waals surface area contributed by atoms with Gasteiger partial charge in [0.05, 0.1) is 12.3 Å². The molecular formula is C25H28ClN3O2S. The molecule has 0 N–H and O–H groups in total. The second-order valence-electron chi connectivity index (χ2n) is 8.16. The van der Waals surface area contributed by atoms with Crippen LogP contribution in [-0.4, -0.2) is 55.8 Å². The normalized spacial score (nSPS) is 20.6. The van der Waals surface area contributed by atoms with Crippen molar-refractivity contribution in [3.05, 3.63) is 65.8 Å². The molecule has 2 aliphatic heterocycles. The summed E-state index contributed by atoms with van der Waals surface area (Å²) >= 11 is 1.82. The van der Waals surface area contributed by atoms with E-state index in [9.17, 15) is 4.79 Å². The second kappa shape index (κ2) is 10.5. The maximum absolute atomic E-state index is 11.4. The number of ether oxygens (including phenoxy) is 1. The van der Waals surface area contributed by atoms with E-state index in [1.54, 1.807) is 0 Å². The van der Waals surface area contributed by atoms with E-state index in [1.807, 2.05) is 35.6 Å². The molecule has 1 atom stereocenters. The van der Waals surface area contributed by atoms with Gasteiger partial charge in [-0.05, 0) is 49.0 Å². The Bertz CT molecular complexity index is 1080. The molecule has 2 aromatic rings. The van der Waals surface area contributed by atoms with Gasteiger partial charge >= 0.3 is 0 Å². The lowest BCUT2D eigenvalue weighted by Crippen LogP contribution is -2.46. The first-order valence-electron chi connectivity index (χ1n) is 11.0. The van der Waals surface area contributed by atoms with Crippen LogP contribution in [0.1, 0.15) is 12.8 Å². The number of nitrogens with zero attached hydrogens (tertiary/aromatic N) is 3. The fraction of sp³-hybridized carbons (Fsp3) is 0.360. The van der Waals surface area contributed by atoms with Crippen molar-refractivity contribution in [3.8, 4) is 0 Å². The molecule has 3 heterocycles. The standard InChI is InChI=1S/C25H27N3O2S.ClH/c29-25-9-7-19-6-8-20(18-22(19)26-25)30-16-2-1-11-27-12-14-28(15-13-27)23-4-3-5-24-21(23)10-17-31-24;/h3-10,17-19H,1-2,11-16H2;1H. The Labute approximate surface area is 199 Å². The van der Waals surface area contributed by atoms with Gasteiger partial charge in [0.25, 0.3) is 5.91 Å². The van der Waals surface area contributed by atoms with Crippen molar-refractivity contribution in [2.24, 2.45) is 10.9 Å². The summed E-state index contributed by atoms with van der Waals surface area (Å²) in [5.74, 6) is 0.717. The molecular weight excluding hydrogens is 442 g/mol. The lowest BCUT2D eigenvalue weighted by atomic mass is 9.95. The number of thiophene rings is 1. The zero-order chi connectivity index (χ0) is 21.0. The lowest BCUT2D eigenvalue weighted by Gasteiger charge is -2.36. The molecule has 5 nitrogen and oxygen atoms in total. The number of carbonyl (C=O) groups is 1. The first-order chi connectivity index (χ1) is 15.3. The van der Waals surface area contributed by atoms with Crippen LogP contribution < -0.4 is 4.90 Å². The topological polar surface area (TPSA) is 45.1 Å². The van der Waals surface area contributed by atoms with Crippen LogP contribution in [0, 0.1) is 5.92 Å². The summed E-state index contributed by atoms with van der Waals surface area (Å²) in [7, 11) is 0. The molecule has 0 radical (unpaired) electrons. The summed E-state index contributed by atoms with van der Waals surface area (Å²) in [4.78, 5) is 20.6. The maximum atomic E-state index is 11.4. The Kier molecular flexibility index (Phi) is 7.45. The SMILES string of the molecule is Cl.O=C1C=CC2C=CC(OCCCCN3CCN(c4cccc5sccc45)CC3)=CC2=N1. The third kappa shape index (κ3) is 5.14.